The van der Waals surface area contributed by atoms with Gasteiger partial charge in [-0.25, -0.2) is 13.2 Å². The minimum Gasteiger partial charge on any atom is -0.428 e. The van der Waals surface area contributed by atoms with Crippen LogP contribution >= 0.6 is 0 Å². The number of nitrogens with two attached hydrogens (primary N) is 1. The molecule has 1 amide bonds. The smallest absolute Gasteiger partial charge is 0.428 e. The maximum atomic E-state index is 15.5. The molecule has 1 aliphatic rings. The number of benzene rings is 3. The molecule has 3 aromatic carbocycles. The summed E-state index contributed by atoms with van der Waals surface area (Å²) in [5.74, 6) is -4.16. The van der Waals surface area contributed by atoms with Gasteiger partial charge < -0.3 is 15.8 Å². The Labute approximate surface area is 280 Å². The molecule has 1 unspecified atom stereocenters. The summed E-state index contributed by atoms with van der Waals surface area (Å²) < 4.78 is 80.2. The van der Waals surface area contributed by atoms with Gasteiger partial charge in [0.05, 0.1) is 11.3 Å². The average molecular weight is 679 g/mol. The van der Waals surface area contributed by atoms with Gasteiger partial charge in [0.15, 0.2) is 5.69 Å². The molecule has 0 radical (unpaired) electrons. The van der Waals surface area contributed by atoms with Crippen LogP contribution in [0.4, 0.5) is 22.0 Å². The number of alkyl halides is 2. The Balaban J connectivity index is 1.52. The van der Waals surface area contributed by atoms with Crippen molar-refractivity contribution in [3.8, 4) is 5.75 Å². The highest BCUT2D eigenvalue weighted by atomic mass is 19.3. The maximum absolute atomic E-state index is 15.5. The number of nitrogens with zero attached hydrogens (tertiary/aromatic N) is 3. The van der Waals surface area contributed by atoms with E-state index in [4.69, 9.17) is 15.9 Å². The fourth-order valence-corrected chi connectivity index (χ4v) is 5.95. The molecule has 0 fully saturated rings. The zero-order valence-electron chi connectivity index (χ0n) is 26.9. The number of aromatic nitrogens is 2. The fourth-order valence-electron chi connectivity index (χ4n) is 5.95. The third kappa shape index (κ3) is 8.22. The first-order valence-electron chi connectivity index (χ1n) is 15.7. The molecule has 5 rings (SSSR count). The number of nitrogen functional groups attached to an aromatic ring is 1. The second-order valence-corrected chi connectivity index (χ2v) is 11.7. The number of ether oxygens (including phenoxy) is 1. The van der Waals surface area contributed by atoms with E-state index in [2.05, 4.69) is 15.4 Å². The van der Waals surface area contributed by atoms with E-state index < -0.39 is 53.5 Å². The van der Waals surface area contributed by atoms with E-state index >= 15 is 8.78 Å². The van der Waals surface area contributed by atoms with Crippen molar-refractivity contribution in [2.75, 3.05) is 0 Å². The van der Waals surface area contributed by atoms with Crippen LogP contribution in [0.25, 0.3) is 0 Å². The van der Waals surface area contributed by atoms with E-state index in [9.17, 15) is 18.0 Å². The topological polar surface area (TPSA) is 118 Å². The number of rotatable bonds is 12. The van der Waals surface area contributed by atoms with Crippen LogP contribution in [0.5, 0.6) is 5.75 Å². The molecule has 256 valence electrons. The van der Waals surface area contributed by atoms with E-state index in [1.807, 2.05) is 0 Å². The monoisotopic (exact) mass is 678 g/mol. The van der Waals surface area contributed by atoms with Crippen LogP contribution in [-0.2, 0) is 36.7 Å². The van der Waals surface area contributed by atoms with Gasteiger partial charge in [0, 0.05) is 41.6 Å². The third-order valence-corrected chi connectivity index (χ3v) is 8.18. The first kappa shape index (κ1) is 35.0. The van der Waals surface area contributed by atoms with Gasteiger partial charge in [-0.1, -0.05) is 31.2 Å². The quantitative estimate of drug-likeness (QED) is 0.0845. The van der Waals surface area contributed by atoms with Crippen LogP contribution in [0.2, 0.25) is 0 Å². The van der Waals surface area contributed by atoms with Crippen LogP contribution in [0.1, 0.15) is 66.2 Å². The minimum absolute atomic E-state index is 0.0392. The number of allylic oxidation sites excluding steroid dienone is 2. The maximum Gasteiger partial charge on any atom is 0.446 e. The molecule has 13 heteroatoms. The highest BCUT2D eigenvalue weighted by Gasteiger charge is 2.42. The lowest BCUT2D eigenvalue weighted by Crippen LogP contribution is -2.31. The van der Waals surface area contributed by atoms with Crippen LogP contribution in [0, 0.1) is 22.9 Å². The number of fused-ring (bicyclic) bond motifs is 1. The first-order valence-corrected chi connectivity index (χ1v) is 15.7. The summed E-state index contributed by atoms with van der Waals surface area (Å²) in [5.41, 5.74) is 6.81. The summed E-state index contributed by atoms with van der Waals surface area (Å²) in [6.45, 7) is 2.91. The van der Waals surface area contributed by atoms with Gasteiger partial charge >= 0.3 is 6.11 Å². The predicted molar refractivity (Wildman–Crippen MR) is 175 cm³/mol. The number of halogens is 5. The number of hydrogen-bond acceptors (Lipinski definition) is 5. The van der Waals surface area contributed by atoms with Crippen molar-refractivity contribution in [2.45, 2.75) is 64.5 Å². The highest BCUT2D eigenvalue weighted by molar-refractivity contribution is 5.95. The van der Waals surface area contributed by atoms with Crippen molar-refractivity contribution in [3.05, 3.63) is 129 Å². The number of aliphatic imine (C=N–C) groups is 1. The molecular weight excluding hydrogens is 643 g/mol. The fraction of sp³-hybridized carbons (Fsp3) is 0.278. The predicted octanol–water partition coefficient (Wildman–Crippen LogP) is 7.06. The van der Waals surface area contributed by atoms with Gasteiger partial charge in [0.1, 0.15) is 35.6 Å². The van der Waals surface area contributed by atoms with Gasteiger partial charge in [-0.15, -0.1) is 0 Å². The van der Waals surface area contributed by atoms with Crippen molar-refractivity contribution < 1.29 is 31.5 Å². The molecular formula is C36H35F5N6O2. The summed E-state index contributed by atoms with van der Waals surface area (Å²) in [6, 6.07) is 14.6. The Hall–Kier alpha value is -5.33. The zero-order chi connectivity index (χ0) is 35.3. The average Bonchev–Trinajstić information content (AvgIpc) is 3.42. The molecule has 4 aromatic rings. The molecule has 0 aliphatic heterocycles. The van der Waals surface area contributed by atoms with E-state index in [1.165, 1.54) is 35.2 Å². The summed E-state index contributed by atoms with van der Waals surface area (Å²) in [7, 11) is 0. The Morgan fingerprint density at radius 3 is 2.45 bits per heavy atom. The Bertz CT molecular complexity index is 1900. The molecule has 0 saturated carbocycles. The number of hydrogen-bond donors (Lipinski definition) is 3. The first-order chi connectivity index (χ1) is 23.4. The molecule has 0 saturated heterocycles. The number of nitrogens with one attached hydrogen (secondary N) is 2. The lowest BCUT2D eigenvalue weighted by molar-refractivity contribution is -0.189. The Morgan fingerprint density at radius 1 is 1.08 bits per heavy atom. The number of amides is 1. The van der Waals surface area contributed by atoms with Gasteiger partial charge in [-0.2, -0.15) is 13.9 Å². The lowest BCUT2D eigenvalue weighted by atomic mass is 9.93. The standard InChI is InChI=1S/C36H35F5N6O2/c1-3-44-33(21(2)23-13-14-29(39)28(18-23)35(42)43)30(17-22-15-24(37)19-25(38)16-22)45-32(48)20-47-31-12-8-7-11-27(31)34(46-47)36(40,41)49-26-9-5-4-6-10-26/h3-6,9-10,13-16,18-19,21H,7-8,11-12,17,20H2,1-2H3,(H3,42,43)(H,45,48)/b33-30-,44-3?. The largest absolute Gasteiger partial charge is 0.446 e. The summed E-state index contributed by atoms with van der Waals surface area (Å²) in [6.07, 6.45) is -0.344. The second-order valence-electron chi connectivity index (χ2n) is 11.7. The van der Waals surface area contributed by atoms with E-state index in [0.29, 0.717) is 42.5 Å². The summed E-state index contributed by atoms with van der Waals surface area (Å²) in [4.78, 5) is 18.2. The van der Waals surface area contributed by atoms with Crippen molar-refractivity contribution in [1.29, 1.82) is 5.41 Å². The highest BCUT2D eigenvalue weighted by Crippen LogP contribution is 2.37. The summed E-state index contributed by atoms with van der Waals surface area (Å²) >= 11 is 0. The lowest BCUT2D eigenvalue weighted by Gasteiger charge is -2.21. The number of para-hydroxylation sites is 1. The molecule has 0 bridgehead atoms. The molecule has 8 nitrogen and oxygen atoms in total. The van der Waals surface area contributed by atoms with E-state index in [1.54, 1.807) is 32.0 Å². The number of amidine groups is 1. The zero-order valence-corrected chi connectivity index (χ0v) is 26.9. The van der Waals surface area contributed by atoms with Crippen molar-refractivity contribution in [3.63, 3.8) is 0 Å². The van der Waals surface area contributed by atoms with Gasteiger partial charge in [0.2, 0.25) is 5.91 Å². The molecule has 1 atom stereocenters. The van der Waals surface area contributed by atoms with Crippen molar-refractivity contribution in [2.24, 2.45) is 10.7 Å². The molecule has 49 heavy (non-hydrogen) atoms. The molecule has 1 heterocycles. The minimum atomic E-state index is -3.77. The van der Waals surface area contributed by atoms with Crippen LogP contribution < -0.4 is 15.8 Å². The normalized spacial score (nSPS) is 14.3. The van der Waals surface area contributed by atoms with Gasteiger partial charge in [0.25, 0.3) is 0 Å². The van der Waals surface area contributed by atoms with Crippen molar-refractivity contribution >= 4 is 18.0 Å². The second kappa shape index (κ2) is 14.8. The Kier molecular flexibility index (Phi) is 10.6. The molecule has 1 aromatic heterocycles. The summed E-state index contributed by atoms with van der Waals surface area (Å²) in [5, 5.41) is 14.7. The van der Waals surface area contributed by atoms with Gasteiger partial charge in [-0.05, 0) is 80.1 Å². The third-order valence-electron chi connectivity index (χ3n) is 8.18. The van der Waals surface area contributed by atoms with Crippen LogP contribution in [-0.4, -0.2) is 27.7 Å². The SMILES string of the molecule is CC=N/C(=C(/Cc1cc(F)cc(F)c1)NC(=O)Cn1nc(C(F)(F)Oc2ccccc2)c2c1CCCC2)C(C)c1ccc(F)c(C(=N)N)c1. The molecule has 1 aliphatic carbocycles. The van der Waals surface area contributed by atoms with Crippen molar-refractivity contribution in [1.82, 2.24) is 15.1 Å². The molecule has 4 N–H and O–H groups in total. The van der Waals surface area contributed by atoms with Gasteiger partial charge in [-0.3, -0.25) is 19.9 Å². The Morgan fingerprint density at radius 2 is 1.78 bits per heavy atom. The number of carbonyl (C=O) groups is 1. The van der Waals surface area contributed by atoms with Crippen LogP contribution in [0.15, 0.2) is 83.1 Å². The molecule has 0 spiro atoms. The van der Waals surface area contributed by atoms with E-state index in [0.717, 1.165) is 24.3 Å². The van der Waals surface area contributed by atoms with Crippen LogP contribution in [0.3, 0.4) is 0 Å². The van der Waals surface area contributed by atoms with E-state index in [-0.39, 0.29) is 34.7 Å². The number of carbonyl (C=O) groups excluding carboxylic acids is 1.